The number of amides is 1. The largest absolute Gasteiger partial charge is 0.348 e. The molecule has 5 nitrogen and oxygen atoms in total. The third kappa shape index (κ3) is 3.75. The second-order valence-corrected chi connectivity index (χ2v) is 6.70. The first kappa shape index (κ1) is 16.9. The quantitative estimate of drug-likeness (QED) is 0.885. The summed E-state index contributed by atoms with van der Waals surface area (Å²) in [4.78, 5) is 22.0. The number of benzene rings is 1. The van der Waals surface area contributed by atoms with Crippen molar-refractivity contribution in [3.05, 3.63) is 29.8 Å². The summed E-state index contributed by atoms with van der Waals surface area (Å²) in [5.74, 6) is 0.329. The Morgan fingerprint density at radius 2 is 2.17 bits per heavy atom. The van der Waals surface area contributed by atoms with Crippen LogP contribution < -0.4 is 5.32 Å². The lowest BCUT2D eigenvalue weighted by atomic mass is 9.93. The molecule has 2 N–H and O–H groups in total. The summed E-state index contributed by atoms with van der Waals surface area (Å²) in [5.41, 5.74) is 1.35. The van der Waals surface area contributed by atoms with Gasteiger partial charge in [-0.1, -0.05) is 19.3 Å². The summed E-state index contributed by atoms with van der Waals surface area (Å²) in [5, 5.41) is 2.93. The molecule has 0 unspecified atom stereocenters. The van der Waals surface area contributed by atoms with Gasteiger partial charge in [0.05, 0.1) is 23.6 Å². The first-order valence-electron chi connectivity index (χ1n) is 8.68. The molecule has 130 valence electrons. The summed E-state index contributed by atoms with van der Waals surface area (Å²) in [7, 11) is 2.03. The van der Waals surface area contributed by atoms with Gasteiger partial charge in [0, 0.05) is 6.04 Å². The van der Waals surface area contributed by atoms with E-state index in [2.05, 4.69) is 20.2 Å². The van der Waals surface area contributed by atoms with E-state index in [0.717, 1.165) is 0 Å². The molecule has 1 atom stereocenters. The van der Waals surface area contributed by atoms with Crippen LogP contribution in [-0.2, 0) is 11.3 Å². The summed E-state index contributed by atoms with van der Waals surface area (Å²) in [6, 6.07) is 4.75. The van der Waals surface area contributed by atoms with Gasteiger partial charge >= 0.3 is 0 Å². The van der Waals surface area contributed by atoms with E-state index >= 15 is 0 Å². The van der Waals surface area contributed by atoms with Crippen molar-refractivity contribution >= 4 is 16.9 Å². The molecule has 1 fully saturated rings. The number of carbonyl (C=O) groups excluding carboxylic acids is 1. The second-order valence-electron chi connectivity index (χ2n) is 6.70. The minimum atomic E-state index is -0.301. The third-order valence-corrected chi connectivity index (χ3v) is 5.06. The van der Waals surface area contributed by atoms with Gasteiger partial charge in [0.2, 0.25) is 5.91 Å². The van der Waals surface area contributed by atoms with Crippen molar-refractivity contribution in [3.63, 3.8) is 0 Å². The lowest BCUT2D eigenvalue weighted by Crippen LogP contribution is -2.48. The molecular weight excluding hydrogens is 307 g/mol. The van der Waals surface area contributed by atoms with Crippen molar-refractivity contribution < 1.29 is 9.18 Å². The Balaban J connectivity index is 1.57. The number of hydrogen-bond acceptors (Lipinski definition) is 3. The fraction of sp³-hybridized carbons (Fsp3) is 0.556. The normalized spacial score (nSPS) is 17.3. The third-order valence-electron chi connectivity index (χ3n) is 5.06. The Morgan fingerprint density at radius 3 is 2.92 bits per heavy atom. The molecule has 24 heavy (non-hydrogen) atoms. The fourth-order valence-electron chi connectivity index (χ4n) is 3.43. The van der Waals surface area contributed by atoms with Crippen LogP contribution in [0.4, 0.5) is 4.39 Å². The number of fused-ring (bicyclic) bond motifs is 1. The molecule has 1 heterocycles. The van der Waals surface area contributed by atoms with E-state index < -0.39 is 0 Å². The first-order valence-corrected chi connectivity index (χ1v) is 8.68. The minimum Gasteiger partial charge on any atom is -0.348 e. The highest BCUT2D eigenvalue weighted by molar-refractivity contribution is 5.81. The van der Waals surface area contributed by atoms with E-state index in [9.17, 15) is 9.18 Å². The average molecular weight is 332 g/mol. The van der Waals surface area contributed by atoms with Gasteiger partial charge in [-0.25, -0.2) is 9.37 Å². The van der Waals surface area contributed by atoms with E-state index in [-0.39, 0.29) is 17.8 Å². The van der Waals surface area contributed by atoms with Crippen LogP contribution in [0.3, 0.4) is 0 Å². The molecule has 1 aliphatic carbocycles. The molecule has 6 heteroatoms. The van der Waals surface area contributed by atoms with E-state index in [1.54, 1.807) is 6.07 Å². The first-order chi connectivity index (χ1) is 11.5. The maximum Gasteiger partial charge on any atom is 0.237 e. The maximum absolute atomic E-state index is 13.2. The van der Waals surface area contributed by atoms with Crippen LogP contribution in [0.2, 0.25) is 0 Å². The summed E-state index contributed by atoms with van der Waals surface area (Å²) in [6.07, 6.45) is 6.14. The molecular formula is C18H25FN4O. The molecule has 3 rings (SSSR count). The molecule has 0 radical (unpaired) electrons. The Bertz CT molecular complexity index is 708. The van der Waals surface area contributed by atoms with Crippen LogP contribution >= 0.6 is 0 Å². The van der Waals surface area contributed by atoms with Gasteiger partial charge in [0.1, 0.15) is 11.6 Å². The Morgan fingerprint density at radius 1 is 1.42 bits per heavy atom. The van der Waals surface area contributed by atoms with Crippen LogP contribution in [0.15, 0.2) is 18.2 Å². The lowest BCUT2D eigenvalue weighted by molar-refractivity contribution is -0.126. The summed E-state index contributed by atoms with van der Waals surface area (Å²) in [6.45, 7) is 2.26. The van der Waals surface area contributed by atoms with Gasteiger partial charge in [-0.2, -0.15) is 0 Å². The topological polar surface area (TPSA) is 61.0 Å². The van der Waals surface area contributed by atoms with E-state index in [4.69, 9.17) is 0 Å². The molecule has 0 aliphatic heterocycles. The highest BCUT2D eigenvalue weighted by atomic mass is 19.1. The minimum absolute atomic E-state index is 0.00490. The molecule has 1 amide bonds. The zero-order valence-electron chi connectivity index (χ0n) is 14.3. The highest BCUT2D eigenvalue weighted by Gasteiger charge is 2.26. The van der Waals surface area contributed by atoms with Crippen molar-refractivity contribution in [2.24, 2.45) is 0 Å². The van der Waals surface area contributed by atoms with Crippen LogP contribution in [0.1, 0.15) is 44.9 Å². The predicted molar refractivity (Wildman–Crippen MR) is 92.0 cm³/mol. The molecule has 1 aliphatic rings. The van der Waals surface area contributed by atoms with Crippen molar-refractivity contribution in [2.75, 3.05) is 7.05 Å². The van der Waals surface area contributed by atoms with Crippen LogP contribution in [-0.4, -0.2) is 39.9 Å². The SMILES string of the molecule is C[C@@H](C(=O)NCc1nc2ccc(F)cc2[nH]1)N(C)C1CCCCC1. The predicted octanol–water partition coefficient (Wildman–Crippen LogP) is 2.97. The number of nitrogens with one attached hydrogen (secondary N) is 2. The smallest absolute Gasteiger partial charge is 0.237 e. The van der Waals surface area contributed by atoms with E-state index in [1.165, 1.54) is 44.2 Å². The number of halogens is 1. The standard InChI is InChI=1S/C18H25FN4O/c1-12(23(2)14-6-4-3-5-7-14)18(24)20-11-17-21-15-9-8-13(19)10-16(15)22-17/h8-10,12,14H,3-7,11H2,1-2H3,(H,20,24)(H,21,22)/t12-/m0/s1. The molecule has 1 aromatic carbocycles. The number of likely N-dealkylation sites (N-methyl/N-ethyl adjacent to an activating group) is 1. The fourth-order valence-corrected chi connectivity index (χ4v) is 3.43. The number of imidazole rings is 1. The van der Waals surface area contributed by atoms with E-state index in [1.807, 2.05) is 14.0 Å². The van der Waals surface area contributed by atoms with Gasteiger partial charge in [-0.15, -0.1) is 0 Å². The second kappa shape index (κ2) is 7.30. The van der Waals surface area contributed by atoms with Crippen LogP contribution in [0.5, 0.6) is 0 Å². The van der Waals surface area contributed by atoms with Crippen molar-refractivity contribution in [1.29, 1.82) is 0 Å². The zero-order valence-corrected chi connectivity index (χ0v) is 14.3. The number of H-pyrrole nitrogens is 1. The van der Waals surface area contributed by atoms with Crippen LogP contribution in [0, 0.1) is 5.82 Å². The molecule has 1 aromatic heterocycles. The van der Waals surface area contributed by atoms with Gasteiger partial charge in [0.15, 0.2) is 0 Å². The molecule has 0 bridgehead atoms. The highest BCUT2D eigenvalue weighted by Crippen LogP contribution is 2.23. The lowest BCUT2D eigenvalue weighted by Gasteiger charge is -2.34. The molecule has 1 saturated carbocycles. The molecule has 2 aromatic rings. The number of hydrogen-bond donors (Lipinski definition) is 2. The van der Waals surface area contributed by atoms with Gasteiger partial charge in [-0.3, -0.25) is 9.69 Å². The summed E-state index contributed by atoms with van der Waals surface area (Å²) >= 11 is 0. The van der Waals surface area contributed by atoms with Crippen molar-refractivity contribution in [2.45, 2.75) is 57.7 Å². The molecule has 0 saturated heterocycles. The van der Waals surface area contributed by atoms with Gasteiger partial charge in [0.25, 0.3) is 0 Å². The molecule has 0 spiro atoms. The summed E-state index contributed by atoms with van der Waals surface area (Å²) < 4.78 is 13.2. The monoisotopic (exact) mass is 332 g/mol. The number of aromatic amines is 1. The Labute approximate surface area is 141 Å². The average Bonchev–Trinajstić information content (AvgIpc) is 3.01. The number of rotatable bonds is 5. The van der Waals surface area contributed by atoms with Gasteiger partial charge < -0.3 is 10.3 Å². The van der Waals surface area contributed by atoms with Crippen LogP contribution in [0.25, 0.3) is 11.0 Å². The Hall–Kier alpha value is -1.95. The van der Waals surface area contributed by atoms with Crippen molar-refractivity contribution in [1.82, 2.24) is 20.2 Å². The zero-order chi connectivity index (χ0) is 17.1. The maximum atomic E-state index is 13.2. The van der Waals surface area contributed by atoms with Gasteiger partial charge in [-0.05, 0) is 45.0 Å². The van der Waals surface area contributed by atoms with E-state index in [0.29, 0.717) is 29.4 Å². The van der Waals surface area contributed by atoms with Crippen molar-refractivity contribution in [3.8, 4) is 0 Å². The number of nitrogens with zero attached hydrogens (tertiary/aromatic N) is 2. The number of aromatic nitrogens is 2. The number of carbonyl (C=O) groups is 1. The Kier molecular flexibility index (Phi) is 5.14.